The second kappa shape index (κ2) is 6.85. The molecule has 0 bridgehead atoms. The van der Waals surface area contributed by atoms with E-state index in [0.29, 0.717) is 0 Å². The highest BCUT2D eigenvalue weighted by molar-refractivity contribution is 6.25. The van der Waals surface area contributed by atoms with E-state index in [2.05, 4.69) is 37.5 Å². The van der Waals surface area contributed by atoms with Crippen LogP contribution in [0.3, 0.4) is 0 Å². The third kappa shape index (κ3) is 2.71. The van der Waals surface area contributed by atoms with Crippen LogP contribution in [0.2, 0.25) is 6.55 Å². The van der Waals surface area contributed by atoms with Crippen molar-refractivity contribution in [3.05, 3.63) is 11.6 Å². The van der Waals surface area contributed by atoms with Crippen LogP contribution in [-0.2, 0) is 4.43 Å². The number of hydrogen-bond donors (Lipinski definition) is 0. The van der Waals surface area contributed by atoms with Crippen LogP contribution in [0.25, 0.3) is 0 Å². The van der Waals surface area contributed by atoms with Gasteiger partial charge in [-0.05, 0) is 87.4 Å². The highest BCUT2D eigenvalue weighted by Gasteiger charge is 2.55. The fraction of sp³-hybridized carbons (Fsp3) is 0.783. The van der Waals surface area contributed by atoms with Crippen LogP contribution in [0.15, 0.2) is 11.6 Å². The quantitative estimate of drug-likeness (QED) is 0.406. The molecule has 0 aromatic rings. The molecule has 0 aromatic carbocycles. The molecule has 0 heterocycles. The molecule has 26 heavy (non-hydrogen) atoms. The Labute approximate surface area is 161 Å². The lowest BCUT2D eigenvalue weighted by Crippen LogP contribution is -2.47. The van der Waals surface area contributed by atoms with Gasteiger partial charge in [-0.3, -0.25) is 0 Å². The van der Waals surface area contributed by atoms with Crippen molar-refractivity contribution in [3.63, 3.8) is 0 Å². The van der Waals surface area contributed by atoms with Crippen molar-refractivity contribution < 1.29 is 4.43 Å². The molecule has 4 aliphatic carbocycles. The summed E-state index contributed by atoms with van der Waals surface area (Å²) in [7, 11) is -0.441. The highest BCUT2D eigenvalue weighted by Crippen LogP contribution is 2.62. The Morgan fingerprint density at radius 2 is 2.04 bits per heavy atom. The van der Waals surface area contributed by atoms with E-state index in [0.717, 1.165) is 49.4 Å². The predicted octanol–water partition coefficient (Wildman–Crippen LogP) is 4.61. The Kier molecular flexibility index (Phi) is 4.83. The molecule has 0 spiro atoms. The largest absolute Gasteiger partial charge is 0.408 e. The molecule has 0 aromatic heterocycles. The molecule has 0 aliphatic heterocycles. The van der Waals surface area contributed by atoms with Crippen LogP contribution >= 0.6 is 0 Å². The fourth-order valence-corrected chi connectivity index (χ4v) is 8.05. The Balaban J connectivity index is 1.58. The molecule has 3 heteroatoms. The van der Waals surface area contributed by atoms with E-state index < -0.39 is 9.76 Å². The molecular formula is C23H33NOSi. The summed E-state index contributed by atoms with van der Waals surface area (Å²) in [5.41, 5.74) is 1.88. The van der Waals surface area contributed by atoms with Gasteiger partial charge in [0.1, 0.15) is 5.60 Å². The monoisotopic (exact) mass is 367 g/mol. The van der Waals surface area contributed by atoms with Gasteiger partial charge in [-0.15, -0.1) is 5.92 Å². The standard InChI is InChI=1S/C23H33NOSi/c1-4-11-23(25-26-3)13-10-18-16(14-23)5-7-20-19(18)9-12-22(2)17(15-24)6-8-21(20)22/h9,16-18,20-21H,5-8,10,12-14,26H2,1-3H3/t16?,17-,18+,20-,21+,22-,23?/m1/s1. The third-order valence-electron chi connectivity index (χ3n) is 8.33. The van der Waals surface area contributed by atoms with Crippen molar-refractivity contribution >= 4 is 9.76 Å². The zero-order valence-corrected chi connectivity index (χ0v) is 18.1. The summed E-state index contributed by atoms with van der Waals surface area (Å²) < 4.78 is 6.32. The Bertz CT molecular complexity index is 697. The number of hydrogen-bond acceptors (Lipinski definition) is 2. The average molecular weight is 368 g/mol. The number of rotatable bonds is 2. The summed E-state index contributed by atoms with van der Waals surface area (Å²) in [6, 6.07) is 2.64. The Hall–Kier alpha value is -1.03. The van der Waals surface area contributed by atoms with Gasteiger partial charge in [0.15, 0.2) is 9.76 Å². The molecule has 2 nitrogen and oxygen atoms in total. The van der Waals surface area contributed by atoms with E-state index >= 15 is 0 Å². The molecule has 140 valence electrons. The smallest absolute Gasteiger partial charge is 0.160 e. The molecule has 0 radical (unpaired) electrons. The van der Waals surface area contributed by atoms with Crippen molar-refractivity contribution in [2.75, 3.05) is 0 Å². The van der Waals surface area contributed by atoms with Gasteiger partial charge in [0.2, 0.25) is 0 Å². The summed E-state index contributed by atoms with van der Waals surface area (Å²) in [6.45, 7) is 6.60. The van der Waals surface area contributed by atoms with Gasteiger partial charge in [-0.2, -0.15) is 5.26 Å². The zero-order chi connectivity index (χ0) is 18.4. The van der Waals surface area contributed by atoms with Crippen LogP contribution in [0.1, 0.15) is 65.2 Å². The molecule has 0 N–H and O–H groups in total. The molecule has 0 saturated heterocycles. The van der Waals surface area contributed by atoms with Crippen LogP contribution in [0.5, 0.6) is 0 Å². The topological polar surface area (TPSA) is 33.0 Å². The molecule has 4 rings (SSSR count). The Morgan fingerprint density at radius 1 is 1.19 bits per heavy atom. The van der Waals surface area contributed by atoms with E-state index in [9.17, 15) is 5.26 Å². The van der Waals surface area contributed by atoms with E-state index in [4.69, 9.17) is 4.43 Å². The first-order chi connectivity index (χ1) is 12.6. The van der Waals surface area contributed by atoms with Gasteiger partial charge in [-0.1, -0.05) is 31.0 Å². The predicted molar refractivity (Wildman–Crippen MR) is 108 cm³/mol. The maximum Gasteiger partial charge on any atom is 0.160 e. The lowest BCUT2D eigenvalue weighted by molar-refractivity contribution is 0.0130. The summed E-state index contributed by atoms with van der Waals surface area (Å²) in [6.07, 6.45) is 12.3. The number of nitriles is 1. The minimum absolute atomic E-state index is 0.132. The fourth-order valence-electron chi connectivity index (χ4n) is 7.16. The average Bonchev–Trinajstić information content (AvgIpc) is 2.98. The molecule has 3 fully saturated rings. The second-order valence-corrected chi connectivity index (χ2v) is 10.2. The first-order valence-electron chi connectivity index (χ1n) is 10.7. The molecular weight excluding hydrogens is 334 g/mol. The van der Waals surface area contributed by atoms with Gasteiger partial charge in [0.05, 0.1) is 12.0 Å². The van der Waals surface area contributed by atoms with Gasteiger partial charge < -0.3 is 4.43 Å². The van der Waals surface area contributed by atoms with Crippen molar-refractivity contribution in [1.82, 2.24) is 0 Å². The minimum atomic E-state index is -0.441. The van der Waals surface area contributed by atoms with E-state index in [1.807, 2.05) is 6.92 Å². The van der Waals surface area contributed by atoms with Gasteiger partial charge >= 0.3 is 0 Å². The second-order valence-electron chi connectivity index (χ2n) is 9.38. The van der Waals surface area contributed by atoms with Gasteiger partial charge in [0.25, 0.3) is 0 Å². The van der Waals surface area contributed by atoms with Crippen molar-refractivity contribution in [1.29, 1.82) is 5.26 Å². The van der Waals surface area contributed by atoms with Crippen LogP contribution in [0.4, 0.5) is 0 Å². The van der Waals surface area contributed by atoms with Crippen LogP contribution in [-0.4, -0.2) is 15.4 Å². The maximum atomic E-state index is 9.62. The van der Waals surface area contributed by atoms with Gasteiger partial charge in [0, 0.05) is 0 Å². The number of fused-ring (bicyclic) bond motifs is 5. The molecule has 4 aliphatic rings. The summed E-state index contributed by atoms with van der Waals surface area (Å²) in [5.74, 6) is 9.91. The summed E-state index contributed by atoms with van der Waals surface area (Å²) >= 11 is 0. The SMILES string of the molecule is CC#CC1(O[SiH2]C)CC[C@@H]2C3=CC[C@]4(C)[C@@H](C#N)CC[C@H]4[C@@H]3CCC2C1. The molecule has 3 saturated carbocycles. The van der Waals surface area contributed by atoms with E-state index in [1.165, 1.54) is 25.7 Å². The van der Waals surface area contributed by atoms with Crippen molar-refractivity contribution in [2.24, 2.45) is 35.0 Å². The first-order valence-corrected chi connectivity index (χ1v) is 12.7. The highest BCUT2D eigenvalue weighted by atomic mass is 28.2. The van der Waals surface area contributed by atoms with Gasteiger partial charge in [-0.25, -0.2) is 0 Å². The minimum Gasteiger partial charge on any atom is -0.408 e. The Morgan fingerprint density at radius 3 is 2.77 bits per heavy atom. The lowest BCUT2D eigenvalue weighted by atomic mass is 9.53. The first kappa shape index (κ1) is 18.3. The van der Waals surface area contributed by atoms with Crippen LogP contribution < -0.4 is 0 Å². The molecule has 0 amide bonds. The number of allylic oxidation sites excluding steroid dienone is 2. The number of nitrogens with zero attached hydrogens (tertiary/aromatic N) is 1. The van der Waals surface area contributed by atoms with E-state index in [-0.39, 0.29) is 16.9 Å². The summed E-state index contributed by atoms with van der Waals surface area (Å²) in [5, 5.41) is 9.62. The molecule has 7 atom stereocenters. The third-order valence-corrected chi connectivity index (χ3v) is 9.17. The normalized spacial score (nSPS) is 47.2. The summed E-state index contributed by atoms with van der Waals surface area (Å²) in [4.78, 5) is 0. The lowest BCUT2D eigenvalue weighted by Gasteiger charge is -2.53. The van der Waals surface area contributed by atoms with Crippen molar-refractivity contribution in [3.8, 4) is 17.9 Å². The zero-order valence-electron chi connectivity index (χ0n) is 16.7. The van der Waals surface area contributed by atoms with E-state index in [1.54, 1.807) is 5.57 Å². The molecule has 2 unspecified atom stereocenters. The van der Waals surface area contributed by atoms with Crippen LogP contribution in [0, 0.1) is 58.2 Å². The van der Waals surface area contributed by atoms with Crippen molar-refractivity contribution in [2.45, 2.75) is 77.4 Å². The maximum absolute atomic E-state index is 9.62.